The van der Waals surface area contributed by atoms with Crippen molar-refractivity contribution in [2.75, 3.05) is 47.5 Å². The van der Waals surface area contributed by atoms with Crippen LogP contribution in [0.1, 0.15) is 104 Å². The van der Waals surface area contributed by atoms with Crippen molar-refractivity contribution in [3.8, 4) is 0 Å². The predicted octanol–water partition coefficient (Wildman–Crippen LogP) is 7.45. The Labute approximate surface area is 255 Å². The molecule has 0 aliphatic rings. The van der Waals surface area contributed by atoms with Crippen molar-refractivity contribution in [1.29, 1.82) is 0 Å². The molecule has 2 atom stereocenters. The van der Waals surface area contributed by atoms with Crippen LogP contribution in [0.25, 0.3) is 0 Å². The number of rotatable bonds is 27. The Morgan fingerprint density at radius 1 is 0.738 bits per heavy atom. The Balaban J connectivity index is 4.72. The van der Waals surface area contributed by atoms with Crippen LogP contribution < -0.4 is 0 Å². The molecule has 0 aliphatic heterocycles. The van der Waals surface area contributed by atoms with Crippen molar-refractivity contribution < 1.29 is 42.1 Å². The third kappa shape index (κ3) is 28.4. The smallest absolute Gasteiger partial charge is 0.461 e. The topological polar surface area (TPSA) is 108 Å². The van der Waals surface area contributed by atoms with Gasteiger partial charge in [-0.2, -0.15) is 0 Å². The highest BCUT2D eigenvalue weighted by atomic mass is 31.2. The summed E-state index contributed by atoms with van der Waals surface area (Å²) in [5, 5.41) is 0. The van der Waals surface area contributed by atoms with Gasteiger partial charge < -0.3 is 18.9 Å². The lowest BCUT2D eigenvalue weighted by molar-refractivity contribution is -0.870. The standard InChI is InChI=1S/C32H58NO8P/c1-6-8-10-12-14-16-18-20-22-24-31(34)38-28-30(29-40-42(36,37)39-27-26-33(3,4)5)41-32(35)25-23-21-19-17-15-13-11-9-7-2/h14,16,20-23,30H,6-13,15,17-19,24-29H2,1-5H3/p+1/t30-/m1/s1. The maximum atomic E-state index is 12.4. The normalized spacial score (nSPS) is 14.5. The van der Waals surface area contributed by atoms with Crippen molar-refractivity contribution >= 4 is 19.8 Å². The molecule has 1 unspecified atom stereocenters. The van der Waals surface area contributed by atoms with E-state index in [1.807, 2.05) is 33.3 Å². The third-order valence-corrected chi connectivity index (χ3v) is 7.19. The predicted molar refractivity (Wildman–Crippen MR) is 169 cm³/mol. The molecule has 0 heterocycles. The Kier molecular flexibility index (Phi) is 24.6. The lowest BCUT2D eigenvalue weighted by atomic mass is 10.1. The fraction of sp³-hybridized carbons (Fsp3) is 0.750. The molecular formula is C32H59NO8P+. The zero-order valence-corrected chi connectivity index (χ0v) is 27.9. The van der Waals surface area contributed by atoms with Gasteiger partial charge in [-0.3, -0.25) is 18.6 Å². The van der Waals surface area contributed by atoms with E-state index in [0.717, 1.165) is 25.7 Å². The van der Waals surface area contributed by atoms with Gasteiger partial charge in [-0.05, 0) is 32.1 Å². The largest absolute Gasteiger partial charge is 0.472 e. The first-order valence-corrected chi connectivity index (χ1v) is 17.2. The van der Waals surface area contributed by atoms with E-state index in [-0.39, 0.29) is 26.1 Å². The maximum absolute atomic E-state index is 12.4. The van der Waals surface area contributed by atoms with E-state index in [9.17, 15) is 19.0 Å². The molecule has 0 bridgehead atoms. The van der Waals surface area contributed by atoms with E-state index in [0.29, 0.717) is 11.0 Å². The van der Waals surface area contributed by atoms with Crippen LogP contribution in [0.4, 0.5) is 0 Å². The molecule has 10 heteroatoms. The molecule has 0 aromatic carbocycles. The Morgan fingerprint density at radius 3 is 1.98 bits per heavy atom. The van der Waals surface area contributed by atoms with Gasteiger partial charge in [0.25, 0.3) is 0 Å². The second-order valence-corrected chi connectivity index (χ2v) is 13.0. The fourth-order valence-corrected chi connectivity index (χ4v) is 4.40. The summed E-state index contributed by atoms with van der Waals surface area (Å²) in [4.78, 5) is 34.7. The molecule has 1 N–H and O–H groups in total. The second kappa shape index (κ2) is 25.7. The zero-order valence-electron chi connectivity index (χ0n) is 27.0. The molecule has 0 rings (SSSR count). The van der Waals surface area contributed by atoms with Gasteiger partial charge in [0.1, 0.15) is 19.8 Å². The van der Waals surface area contributed by atoms with Gasteiger partial charge in [0.15, 0.2) is 6.10 Å². The van der Waals surface area contributed by atoms with Crippen LogP contribution in [0.3, 0.4) is 0 Å². The van der Waals surface area contributed by atoms with Gasteiger partial charge in [-0.1, -0.05) is 95.2 Å². The number of unbranched alkanes of at least 4 members (excludes halogenated alkanes) is 9. The number of carbonyl (C=O) groups is 2. The number of hydrogen-bond acceptors (Lipinski definition) is 7. The van der Waals surface area contributed by atoms with Crippen LogP contribution in [0, 0.1) is 0 Å². The molecule has 0 spiro atoms. The molecule has 42 heavy (non-hydrogen) atoms. The molecule has 0 saturated heterocycles. The minimum atomic E-state index is -4.38. The first kappa shape index (κ1) is 40.2. The van der Waals surface area contributed by atoms with E-state index in [2.05, 4.69) is 26.0 Å². The highest BCUT2D eigenvalue weighted by Gasteiger charge is 2.26. The van der Waals surface area contributed by atoms with Crippen LogP contribution in [0.2, 0.25) is 0 Å². The monoisotopic (exact) mass is 616 g/mol. The summed E-state index contributed by atoms with van der Waals surface area (Å²) in [7, 11) is 1.41. The number of likely N-dealkylation sites (N-methyl/N-ethyl adjacent to an activating group) is 1. The minimum absolute atomic E-state index is 0.0143. The van der Waals surface area contributed by atoms with Crippen molar-refractivity contribution in [3.05, 3.63) is 36.5 Å². The molecule has 0 radical (unpaired) electrons. The molecule has 0 amide bonds. The van der Waals surface area contributed by atoms with Gasteiger partial charge in [0.05, 0.1) is 40.6 Å². The number of phosphoric acid groups is 1. The van der Waals surface area contributed by atoms with Crippen molar-refractivity contribution in [3.63, 3.8) is 0 Å². The first-order chi connectivity index (χ1) is 20.0. The third-order valence-electron chi connectivity index (χ3n) is 6.21. The molecule has 9 nitrogen and oxygen atoms in total. The zero-order chi connectivity index (χ0) is 31.5. The van der Waals surface area contributed by atoms with Crippen molar-refractivity contribution in [2.24, 2.45) is 0 Å². The summed E-state index contributed by atoms with van der Waals surface area (Å²) >= 11 is 0. The molecule has 0 aromatic rings. The Bertz CT molecular complexity index is 835. The number of ether oxygens (including phenoxy) is 2. The van der Waals surface area contributed by atoms with Crippen LogP contribution in [-0.4, -0.2) is 74.9 Å². The van der Waals surface area contributed by atoms with E-state index in [4.69, 9.17) is 18.5 Å². The number of esters is 2. The highest BCUT2D eigenvalue weighted by molar-refractivity contribution is 7.47. The van der Waals surface area contributed by atoms with E-state index in [1.165, 1.54) is 51.4 Å². The maximum Gasteiger partial charge on any atom is 0.472 e. The number of hydrogen-bond donors (Lipinski definition) is 1. The highest BCUT2D eigenvalue weighted by Crippen LogP contribution is 2.43. The van der Waals surface area contributed by atoms with Crippen molar-refractivity contribution in [2.45, 2.75) is 110 Å². The average molecular weight is 617 g/mol. The summed E-state index contributed by atoms with van der Waals surface area (Å²) in [6.45, 7) is 4.14. The summed E-state index contributed by atoms with van der Waals surface area (Å²) in [5.41, 5.74) is 0. The molecule has 0 aromatic heterocycles. The van der Waals surface area contributed by atoms with Crippen LogP contribution >= 0.6 is 7.82 Å². The van der Waals surface area contributed by atoms with Crippen LogP contribution in [-0.2, 0) is 32.7 Å². The van der Waals surface area contributed by atoms with Crippen LogP contribution in [0.5, 0.6) is 0 Å². The second-order valence-electron chi connectivity index (χ2n) is 11.5. The van der Waals surface area contributed by atoms with E-state index in [1.54, 1.807) is 12.2 Å². The molecule has 244 valence electrons. The lowest BCUT2D eigenvalue weighted by Gasteiger charge is -2.24. The van der Waals surface area contributed by atoms with E-state index < -0.39 is 32.5 Å². The Morgan fingerprint density at radius 2 is 1.29 bits per heavy atom. The number of quaternary nitrogens is 1. The van der Waals surface area contributed by atoms with Crippen molar-refractivity contribution in [1.82, 2.24) is 0 Å². The fourth-order valence-electron chi connectivity index (χ4n) is 3.66. The SMILES string of the molecule is CCCCCC=CCC=CCC(=O)OC[C@H](COP(=O)(O)OCC[N+](C)(C)C)OC(=O)CC=CCCCCCCCC. The average Bonchev–Trinajstić information content (AvgIpc) is 2.92. The summed E-state index contributed by atoms with van der Waals surface area (Å²) in [6.07, 6.45) is 24.1. The van der Waals surface area contributed by atoms with Gasteiger partial charge in [-0.25, -0.2) is 4.57 Å². The quantitative estimate of drug-likeness (QED) is 0.0333. The summed E-state index contributed by atoms with van der Waals surface area (Å²) in [5.74, 6) is -1.03. The summed E-state index contributed by atoms with van der Waals surface area (Å²) < 4.78 is 33.6. The lowest BCUT2D eigenvalue weighted by Crippen LogP contribution is -2.37. The minimum Gasteiger partial charge on any atom is -0.461 e. The molecule has 0 aliphatic carbocycles. The number of carbonyl (C=O) groups excluding carboxylic acids is 2. The summed E-state index contributed by atoms with van der Waals surface area (Å²) in [6, 6.07) is 0. The van der Waals surface area contributed by atoms with E-state index >= 15 is 0 Å². The first-order valence-electron chi connectivity index (χ1n) is 15.7. The number of phosphoric ester groups is 1. The number of allylic oxidation sites excluding steroid dienone is 4. The molecule has 0 saturated carbocycles. The Hall–Kier alpha value is -1.77. The number of nitrogens with zero attached hydrogens (tertiary/aromatic N) is 1. The van der Waals surface area contributed by atoms with Gasteiger partial charge in [0, 0.05) is 0 Å². The van der Waals surface area contributed by atoms with Gasteiger partial charge in [-0.15, -0.1) is 0 Å². The molecule has 0 fully saturated rings. The van der Waals surface area contributed by atoms with Crippen LogP contribution in [0.15, 0.2) is 36.5 Å². The van der Waals surface area contributed by atoms with Gasteiger partial charge in [0.2, 0.25) is 0 Å². The molecular weight excluding hydrogens is 557 g/mol. The van der Waals surface area contributed by atoms with Gasteiger partial charge >= 0.3 is 19.8 Å².